The average Bonchev–Trinajstić information content (AvgIpc) is 1.25. The Labute approximate surface area is 45.9 Å². The lowest BCUT2D eigenvalue weighted by Crippen LogP contribution is -2.42. The van der Waals surface area contributed by atoms with Gasteiger partial charge in [-0.15, -0.1) is 0 Å². The van der Waals surface area contributed by atoms with Crippen molar-refractivity contribution in [2.45, 2.75) is 18.6 Å². The summed E-state index contributed by atoms with van der Waals surface area (Å²) in [5.74, 6) is 0. The fourth-order valence-corrected chi connectivity index (χ4v) is 0. The fourth-order valence-electron chi connectivity index (χ4n) is 0. The van der Waals surface area contributed by atoms with Gasteiger partial charge in [-0.3, -0.25) is 0 Å². The van der Waals surface area contributed by atoms with Crippen molar-refractivity contribution in [1.29, 1.82) is 0 Å². The molecule has 8 heavy (non-hydrogen) atoms. The van der Waals surface area contributed by atoms with Crippen LogP contribution in [-0.4, -0.2) is 24.6 Å². The highest BCUT2D eigenvalue weighted by atomic mass is 19.4. The molecule has 0 amide bonds. The van der Waals surface area contributed by atoms with Gasteiger partial charge >= 0.3 is 6.18 Å². The van der Waals surface area contributed by atoms with Crippen LogP contribution in [0.5, 0.6) is 0 Å². The number of halogens is 3. The second-order valence-corrected chi connectivity index (χ2v) is 2.06. The Balaban J connectivity index is 4.02. The topological polar surface area (TPSA) is 20.2 Å². The summed E-state index contributed by atoms with van der Waals surface area (Å²) in [6, 6.07) is 0. The van der Waals surface area contributed by atoms with Crippen LogP contribution < -0.4 is 0 Å². The minimum absolute atomic E-state index is 0.701. The van der Waals surface area contributed by atoms with Gasteiger partial charge in [0, 0.05) is 0 Å². The molecule has 0 aromatic heterocycles. The van der Waals surface area contributed by atoms with Crippen molar-refractivity contribution in [2.24, 2.45) is 0 Å². The predicted molar refractivity (Wildman–Crippen MR) is 25.2 cm³/mol. The van der Waals surface area contributed by atoms with Crippen LogP contribution in [0.1, 0.15) is 6.92 Å². The maximum Gasteiger partial charge on any atom is 0.408 e. The summed E-state index contributed by atoms with van der Waals surface area (Å²) >= 11 is 0. The standard InChI is InChI=1S/C3H6BF3O/c1-2(4,8)3(5,6)7/h8H,4H2,1H3. The molecule has 0 aromatic carbocycles. The van der Waals surface area contributed by atoms with Gasteiger partial charge in [-0.2, -0.15) is 13.2 Å². The summed E-state index contributed by atoms with van der Waals surface area (Å²) in [6.45, 7) is 0.701. The highest BCUT2D eigenvalue weighted by molar-refractivity contribution is 6.14. The van der Waals surface area contributed by atoms with Gasteiger partial charge in [-0.1, -0.05) is 0 Å². The Morgan fingerprint density at radius 2 is 1.50 bits per heavy atom. The average molecular weight is 126 g/mol. The first-order valence-corrected chi connectivity index (χ1v) is 2.04. The van der Waals surface area contributed by atoms with Gasteiger partial charge in [-0.05, 0) is 6.92 Å². The molecule has 1 nitrogen and oxygen atoms in total. The molecular formula is C3H6BF3O. The number of hydrogen-bond acceptors (Lipinski definition) is 1. The van der Waals surface area contributed by atoms with Gasteiger partial charge in [0.05, 0.1) is 0 Å². The molecule has 0 aliphatic carbocycles. The van der Waals surface area contributed by atoms with Gasteiger partial charge in [-0.25, -0.2) is 0 Å². The molecule has 0 saturated heterocycles. The van der Waals surface area contributed by atoms with E-state index in [2.05, 4.69) is 0 Å². The molecule has 0 spiro atoms. The number of rotatable bonds is 0. The Morgan fingerprint density at radius 3 is 1.50 bits per heavy atom. The Kier molecular flexibility index (Phi) is 1.61. The fraction of sp³-hybridized carbons (Fsp3) is 1.00. The van der Waals surface area contributed by atoms with Gasteiger partial charge < -0.3 is 5.11 Å². The van der Waals surface area contributed by atoms with Gasteiger partial charge in [0.15, 0.2) is 7.85 Å². The van der Waals surface area contributed by atoms with Crippen LogP contribution in [0.3, 0.4) is 0 Å². The second-order valence-electron chi connectivity index (χ2n) is 2.06. The van der Waals surface area contributed by atoms with Crippen molar-refractivity contribution >= 4 is 7.85 Å². The van der Waals surface area contributed by atoms with Crippen molar-refractivity contribution in [1.82, 2.24) is 0 Å². The summed E-state index contributed by atoms with van der Waals surface area (Å²) < 4.78 is 33.9. The molecule has 1 atom stereocenters. The van der Waals surface area contributed by atoms with E-state index in [4.69, 9.17) is 5.11 Å². The van der Waals surface area contributed by atoms with Crippen LogP contribution in [0.2, 0.25) is 0 Å². The van der Waals surface area contributed by atoms with E-state index < -0.39 is 11.7 Å². The molecule has 0 heterocycles. The zero-order valence-electron chi connectivity index (χ0n) is 4.58. The van der Waals surface area contributed by atoms with E-state index >= 15 is 0 Å². The first kappa shape index (κ1) is 7.81. The molecular weight excluding hydrogens is 120 g/mol. The molecule has 0 saturated carbocycles. The molecule has 0 fully saturated rings. The second kappa shape index (κ2) is 1.65. The number of alkyl halides is 3. The number of aliphatic hydroxyl groups is 1. The third kappa shape index (κ3) is 1.73. The summed E-state index contributed by atoms with van der Waals surface area (Å²) in [4.78, 5) is 0. The monoisotopic (exact) mass is 126 g/mol. The molecule has 1 N–H and O–H groups in total. The molecule has 0 rings (SSSR count). The first-order valence-electron chi connectivity index (χ1n) is 2.04. The Hall–Kier alpha value is -0.185. The minimum Gasteiger partial charge on any atom is -0.390 e. The van der Waals surface area contributed by atoms with E-state index in [-0.39, 0.29) is 0 Å². The Bertz CT molecular complexity index is 69.5. The quantitative estimate of drug-likeness (QED) is 0.449. The van der Waals surface area contributed by atoms with Crippen LogP contribution in [-0.2, 0) is 0 Å². The lowest BCUT2D eigenvalue weighted by Gasteiger charge is -2.20. The van der Waals surface area contributed by atoms with E-state index in [1.807, 2.05) is 0 Å². The van der Waals surface area contributed by atoms with Crippen LogP contribution in [0.4, 0.5) is 13.2 Å². The summed E-state index contributed by atoms with van der Waals surface area (Å²) in [6.07, 6.45) is -4.51. The highest BCUT2D eigenvalue weighted by Crippen LogP contribution is 2.26. The van der Waals surface area contributed by atoms with Crippen LogP contribution in [0.25, 0.3) is 0 Å². The van der Waals surface area contributed by atoms with Crippen molar-refractivity contribution < 1.29 is 18.3 Å². The third-order valence-corrected chi connectivity index (χ3v) is 0.694. The van der Waals surface area contributed by atoms with Crippen LogP contribution in [0, 0.1) is 0 Å². The van der Waals surface area contributed by atoms with Crippen molar-refractivity contribution in [2.75, 3.05) is 0 Å². The SMILES string of the molecule is BC(C)(O)C(F)(F)F. The smallest absolute Gasteiger partial charge is 0.390 e. The number of hydrogen-bond donors (Lipinski definition) is 1. The summed E-state index contributed by atoms with van der Waals surface area (Å²) in [5.41, 5.74) is -2.56. The van der Waals surface area contributed by atoms with E-state index in [0.717, 1.165) is 0 Å². The van der Waals surface area contributed by atoms with E-state index in [1.165, 1.54) is 0 Å². The lowest BCUT2D eigenvalue weighted by atomic mass is 9.83. The normalized spacial score (nSPS) is 20.1. The molecule has 0 aliphatic heterocycles. The summed E-state index contributed by atoms with van der Waals surface area (Å²) in [5, 5.41) is 8.23. The molecule has 0 bridgehead atoms. The van der Waals surface area contributed by atoms with Gasteiger partial charge in [0.25, 0.3) is 0 Å². The summed E-state index contributed by atoms with van der Waals surface area (Å²) in [7, 11) is 0.701. The zero-order chi connectivity index (χ0) is 7.00. The van der Waals surface area contributed by atoms with Crippen molar-refractivity contribution in [3.63, 3.8) is 0 Å². The van der Waals surface area contributed by atoms with E-state index in [0.29, 0.717) is 14.8 Å². The maximum absolute atomic E-state index is 11.3. The lowest BCUT2D eigenvalue weighted by molar-refractivity contribution is -0.217. The van der Waals surface area contributed by atoms with Gasteiger partial charge in [0.2, 0.25) is 0 Å². The largest absolute Gasteiger partial charge is 0.408 e. The zero-order valence-corrected chi connectivity index (χ0v) is 4.58. The van der Waals surface area contributed by atoms with Crippen LogP contribution in [0.15, 0.2) is 0 Å². The first-order chi connectivity index (χ1) is 3.25. The highest BCUT2D eigenvalue weighted by Gasteiger charge is 2.45. The Morgan fingerprint density at radius 1 is 1.38 bits per heavy atom. The minimum atomic E-state index is -4.51. The predicted octanol–water partition coefficient (Wildman–Crippen LogP) is -0.110. The maximum atomic E-state index is 11.3. The molecule has 5 heteroatoms. The molecule has 0 aromatic rings. The van der Waals surface area contributed by atoms with Crippen molar-refractivity contribution in [3.05, 3.63) is 0 Å². The third-order valence-electron chi connectivity index (χ3n) is 0.694. The molecule has 48 valence electrons. The van der Waals surface area contributed by atoms with Crippen molar-refractivity contribution in [3.8, 4) is 0 Å². The van der Waals surface area contributed by atoms with E-state index in [9.17, 15) is 13.2 Å². The molecule has 0 aliphatic rings. The van der Waals surface area contributed by atoms with E-state index in [1.54, 1.807) is 0 Å². The molecule has 1 unspecified atom stereocenters. The molecule has 0 radical (unpaired) electrons. The van der Waals surface area contributed by atoms with Gasteiger partial charge in [0.1, 0.15) is 5.50 Å². The van der Waals surface area contributed by atoms with Crippen LogP contribution >= 0.6 is 0 Å².